The van der Waals surface area contributed by atoms with Gasteiger partial charge in [0.15, 0.2) is 17.3 Å². The SMILES string of the molecule is CCC(=CF)COc1ccc(C(=O)Cc2ccc3c(c2)OCCO3)cc1. The van der Waals surface area contributed by atoms with Crippen LogP contribution in [0.15, 0.2) is 54.4 Å². The van der Waals surface area contributed by atoms with Crippen molar-refractivity contribution in [2.45, 2.75) is 19.8 Å². The normalized spacial score (nSPS) is 13.4. The standard InChI is InChI=1S/C21H21FO4/c1-2-15(13-22)14-26-18-6-4-17(5-7-18)19(23)11-16-3-8-20-21(12-16)25-10-9-24-20/h3-8,12-13H,2,9-11,14H2,1H3. The lowest BCUT2D eigenvalue weighted by atomic mass is 10.0. The summed E-state index contributed by atoms with van der Waals surface area (Å²) < 4.78 is 29.1. The fraction of sp³-hybridized carbons (Fsp3) is 0.286. The maximum atomic E-state index is 12.5. The van der Waals surface area contributed by atoms with Gasteiger partial charge in [0.2, 0.25) is 0 Å². The number of carbonyl (C=O) groups is 1. The molecule has 26 heavy (non-hydrogen) atoms. The monoisotopic (exact) mass is 356 g/mol. The zero-order valence-corrected chi connectivity index (χ0v) is 14.7. The molecule has 3 rings (SSSR count). The van der Waals surface area contributed by atoms with E-state index in [-0.39, 0.29) is 18.8 Å². The van der Waals surface area contributed by atoms with Crippen molar-refractivity contribution < 1.29 is 23.4 Å². The minimum Gasteiger partial charge on any atom is -0.489 e. The van der Waals surface area contributed by atoms with Crippen molar-refractivity contribution in [1.29, 1.82) is 0 Å². The Morgan fingerprint density at radius 2 is 1.85 bits per heavy atom. The number of benzene rings is 2. The van der Waals surface area contributed by atoms with Crippen LogP contribution < -0.4 is 14.2 Å². The summed E-state index contributed by atoms with van der Waals surface area (Å²) in [6.45, 7) is 3.13. The van der Waals surface area contributed by atoms with Crippen LogP contribution in [0.2, 0.25) is 0 Å². The van der Waals surface area contributed by atoms with Crippen molar-refractivity contribution in [3.8, 4) is 17.2 Å². The average Bonchev–Trinajstić information content (AvgIpc) is 2.69. The summed E-state index contributed by atoms with van der Waals surface area (Å²) in [7, 11) is 0. The molecule has 0 spiro atoms. The van der Waals surface area contributed by atoms with Crippen molar-refractivity contribution in [2.75, 3.05) is 19.8 Å². The molecule has 0 aromatic heterocycles. The zero-order valence-electron chi connectivity index (χ0n) is 14.7. The van der Waals surface area contributed by atoms with Gasteiger partial charge in [-0.1, -0.05) is 13.0 Å². The van der Waals surface area contributed by atoms with E-state index >= 15 is 0 Å². The molecular weight excluding hydrogens is 335 g/mol. The van der Waals surface area contributed by atoms with E-state index in [1.807, 2.05) is 25.1 Å². The van der Waals surface area contributed by atoms with E-state index in [0.29, 0.717) is 54.3 Å². The predicted octanol–water partition coefficient (Wildman–Crippen LogP) is 4.53. The van der Waals surface area contributed by atoms with Gasteiger partial charge in [-0.15, -0.1) is 0 Å². The van der Waals surface area contributed by atoms with Gasteiger partial charge in [-0.3, -0.25) is 4.79 Å². The number of ketones is 1. The summed E-state index contributed by atoms with van der Waals surface area (Å²) >= 11 is 0. The Bertz CT molecular complexity index is 796. The van der Waals surface area contributed by atoms with E-state index < -0.39 is 0 Å². The lowest BCUT2D eigenvalue weighted by molar-refractivity contribution is 0.0992. The Kier molecular flexibility index (Phi) is 5.89. The molecule has 0 unspecified atom stereocenters. The molecule has 2 aromatic rings. The topological polar surface area (TPSA) is 44.8 Å². The molecule has 2 aromatic carbocycles. The van der Waals surface area contributed by atoms with Gasteiger partial charge in [-0.2, -0.15) is 0 Å². The van der Waals surface area contributed by atoms with Gasteiger partial charge in [0.25, 0.3) is 0 Å². The lowest BCUT2D eigenvalue weighted by Crippen LogP contribution is -2.15. The third kappa shape index (κ3) is 4.42. The van der Waals surface area contributed by atoms with Gasteiger partial charge in [0, 0.05) is 12.0 Å². The Morgan fingerprint density at radius 1 is 1.12 bits per heavy atom. The second kappa shape index (κ2) is 8.52. The second-order valence-corrected chi connectivity index (χ2v) is 6.01. The first kappa shape index (κ1) is 18.0. The minimum absolute atomic E-state index is 0.00568. The summed E-state index contributed by atoms with van der Waals surface area (Å²) in [4.78, 5) is 12.5. The van der Waals surface area contributed by atoms with E-state index in [0.717, 1.165) is 5.56 Å². The fourth-order valence-electron chi connectivity index (χ4n) is 2.61. The summed E-state index contributed by atoms with van der Waals surface area (Å²) in [5, 5.41) is 0. The fourth-order valence-corrected chi connectivity index (χ4v) is 2.61. The number of Topliss-reactive ketones (excluding diaryl/α,β-unsaturated/α-hetero) is 1. The predicted molar refractivity (Wildman–Crippen MR) is 96.9 cm³/mol. The second-order valence-electron chi connectivity index (χ2n) is 6.01. The number of ether oxygens (including phenoxy) is 3. The Hall–Kier alpha value is -2.82. The highest BCUT2D eigenvalue weighted by Crippen LogP contribution is 2.31. The van der Waals surface area contributed by atoms with Crippen LogP contribution in [0.4, 0.5) is 4.39 Å². The summed E-state index contributed by atoms with van der Waals surface area (Å²) in [5.41, 5.74) is 2.06. The third-order valence-electron chi connectivity index (χ3n) is 4.18. The van der Waals surface area contributed by atoms with Crippen LogP contribution in [0, 0.1) is 0 Å². The molecule has 0 N–H and O–H groups in total. The van der Waals surface area contributed by atoms with E-state index in [4.69, 9.17) is 14.2 Å². The molecule has 0 atom stereocenters. The van der Waals surface area contributed by atoms with Gasteiger partial charge >= 0.3 is 0 Å². The van der Waals surface area contributed by atoms with Gasteiger partial charge in [0.05, 0.1) is 6.33 Å². The molecule has 5 heteroatoms. The highest BCUT2D eigenvalue weighted by molar-refractivity contribution is 5.97. The zero-order chi connectivity index (χ0) is 18.4. The molecule has 0 saturated carbocycles. The van der Waals surface area contributed by atoms with E-state index in [2.05, 4.69) is 0 Å². The van der Waals surface area contributed by atoms with Crippen molar-refractivity contribution in [1.82, 2.24) is 0 Å². The van der Waals surface area contributed by atoms with Gasteiger partial charge in [-0.25, -0.2) is 4.39 Å². The van der Waals surface area contributed by atoms with Gasteiger partial charge < -0.3 is 14.2 Å². The van der Waals surface area contributed by atoms with Crippen LogP contribution in [0.3, 0.4) is 0 Å². The summed E-state index contributed by atoms with van der Waals surface area (Å²) in [6, 6.07) is 12.4. The molecule has 0 amide bonds. The first-order valence-electron chi connectivity index (χ1n) is 8.62. The van der Waals surface area contributed by atoms with E-state index in [1.165, 1.54) is 0 Å². The molecule has 4 nitrogen and oxygen atoms in total. The van der Waals surface area contributed by atoms with Crippen molar-refractivity contribution in [3.63, 3.8) is 0 Å². The molecule has 1 aliphatic heterocycles. The van der Waals surface area contributed by atoms with E-state index in [1.54, 1.807) is 24.3 Å². The number of carbonyl (C=O) groups excluding carboxylic acids is 1. The van der Waals surface area contributed by atoms with Crippen LogP contribution in [0.5, 0.6) is 17.2 Å². The van der Waals surface area contributed by atoms with Crippen molar-refractivity contribution in [3.05, 3.63) is 65.5 Å². The smallest absolute Gasteiger partial charge is 0.167 e. The quantitative estimate of drug-likeness (QED) is 0.684. The van der Waals surface area contributed by atoms with Crippen LogP contribution in [-0.4, -0.2) is 25.6 Å². The highest BCUT2D eigenvalue weighted by Gasteiger charge is 2.14. The van der Waals surface area contributed by atoms with Crippen molar-refractivity contribution >= 4 is 5.78 Å². The Morgan fingerprint density at radius 3 is 2.54 bits per heavy atom. The van der Waals surface area contributed by atoms with Crippen LogP contribution in [-0.2, 0) is 6.42 Å². The number of halogens is 1. The summed E-state index contributed by atoms with van der Waals surface area (Å²) in [6.07, 6.45) is 1.45. The minimum atomic E-state index is 0.00568. The Balaban J connectivity index is 1.61. The molecule has 1 heterocycles. The first-order valence-corrected chi connectivity index (χ1v) is 8.62. The lowest BCUT2D eigenvalue weighted by Gasteiger charge is -2.18. The number of fused-ring (bicyclic) bond motifs is 1. The number of hydrogen-bond acceptors (Lipinski definition) is 4. The van der Waals surface area contributed by atoms with Crippen LogP contribution in [0.25, 0.3) is 0 Å². The van der Waals surface area contributed by atoms with Gasteiger partial charge in [0.1, 0.15) is 25.6 Å². The molecule has 1 aliphatic rings. The van der Waals surface area contributed by atoms with E-state index in [9.17, 15) is 9.18 Å². The van der Waals surface area contributed by atoms with Crippen LogP contribution >= 0.6 is 0 Å². The van der Waals surface area contributed by atoms with Gasteiger partial charge in [-0.05, 0) is 54.0 Å². The summed E-state index contributed by atoms with van der Waals surface area (Å²) in [5.74, 6) is 2.00. The maximum Gasteiger partial charge on any atom is 0.167 e. The average molecular weight is 356 g/mol. The Labute approximate surface area is 152 Å². The number of rotatable bonds is 7. The third-order valence-corrected chi connectivity index (χ3v) is 4.18. The molecule has 0 bridgehead atoms. The molecular formula is C21H21FO4. The first-order chi connectivity index (χ1) is 12.7. The molecule has 0 fully saturated rings. The highest BCUT2D eigenvalue weighted by atomic mass is 19.1. The number of hydrogen-bond donors (Lipinski definition) is 0. The molecule has 0 radical (unpaired) electrons. The van der Waals surface area contributed by atoms with Crippen molar-refractivity contribution in [2.24, 2.45) is 0 Å². The van der Waals surface area contributed by atoms with Crippen LogP contribution in [0.1, 0.15) is 29.3 Å². The molecule has 0 saturated heterocycles. The maximum absolute atomic E-state index is 12.5. The molecule has 136 valence electrons. The molecule has 0 aliphatic carbocycles. The largest absolute Gasteiger partial charge is 0.489 e.